The van der Waals surface area contributed by atoms with Crippen molar-refractivity contribution in [2.75, 3.05) is 45.0 Å². The molecule has 0 unspecified atom stereocenters. The summed E-state index contributed by atoms with van der Waals surface area (Å²) in [6, 6.07) is 8.08. The molecule has 1 aromatic rings. The van der Waals surface area contributed by atoms with E-state index in [0.717, 1.165) is 44.8 Å². The SMILES string of the molecule is CC(C)(C)OC(=O)CN1CCN(CCc2cccc(N)c2)CC1. The summed E-state index contributed by atoms with van der Waals surface area (Å²) in [5.41, 5.74) is 7.51. The third-order valence-corrected chi connectivity index (χ3v) is 3.91. The smallest absolute Gasteiger partial charge is 0.320 e. The molecule has 128 valence electrons. The van der Waals surface area contributed by atoms with Crippen molar-refractivity contribution in [2.24, 2.45) is 0 Å². The summed E-state index contributed by atoms with van der Waals surface area (Å²) in [4.78, 5) is 16.5. The zero-order chi connectivity index (χ0) is 16.9. The van der Waals surface area contributed by atoms with Crippen molar-refractivity contribution in [3.8, 4) is 0 Å². The molecule has 1 aliphatic heterocycles. The topological polar surface area (TPSA) is 58.8 Å². The van der Waals surface area contributed by atoms with Crippen LogP contribution in [0.5, 0.6) is 0 Å². The van der Waals surface area contributed by atoms with Gasteiger partial charge in [0.15, 0.2) is 0 Å². The minimum absolute atomic E-state index is 0.134. The molecule has 5 nitrogen and oxygen atoms in total. The summed E-state index contributed by atoms with van der Waals surface area (Å²) in [7, 11) is 0. The number of esters is 1. The van der Waals surface area contributed by atoms with Gasteiger partial charge in [0.1, 0.15) is 5.60 Å². The fraction of sp³-hybridized carbons (Fsp3) is 0.611. The Labute approximate surface area is 139 Å². The Morgan fingerprint density at radius 2 is 1.83 bits per heavy atom. The molecule has 1 aliphatic rings. The van der Waals surface area contributed by atoms with Crippen molar-refractivity contribution in [2.45, 2.75) is 32.8 Å². The van der Waals surface area contributed by atoms with Crippen LogP contribution in [-0.2, 0) is 16.0 Å². The highest BCUT2D eigenvalue weighted by Crippen LogP contribution is 2.11. The molecule has 0 saturated carbocycles. The number of carbonyl (C=O) groups excluding carboxylic acids is 1. The third kappa shape index (κ3) is 6.59. The second-order valence-electron chi connectivity index (χ2n) is 7.20. The average Bonchev–Trinajstić information content (AvgIpc) is 2.44. The summed E-state index contributed by atoms with van der Waals surface area (Å²) in [6.45, 7) is 10.9. The van der Waals surface area contributed by atoms with E-state index in [0.29, 0.717) is 6.54 Å². The molecule has 1 aromatic carbocycles. The lowest BCUT2D eigenvalue weighted by molar-refractivity contribution is -0.156. The predicted molar refractivity (Wildman–Crippen MR) is 93.3 cm³/mol. The number of anilines is 1. The van der Waals surface area contributed by atoms with E-state index in [1.807, 2.05) is 39.0 Å². The number of benzene rings is 1. The molecule has 0 atom stereocenters. The predicted octanol–water partition coefficient (Wildman–Crippen LogP) is 1.77. The molecule has 2 N–H and O–H groups in total. The minimum atomic E-state index is -0.406. The Hall–Kier alpha value is -1.59. The Balaban J connectivity index is 1.69. The van der Waals surface area contributed by atoms with Gasteiger partial charge in [-0.3, -0.25) is 9.69 Å². The van der Waals surface area contributed by atoms with Crippen LogP contribution in [0.2, 0.25) is 0 Å². The molecule has 23 heavy (non-hydrogen) atoms. The maximum Gasteiger partial charge on any atom is 0.320 e. The van der Waals surface area contributed by atoms with Crippen molar-refractivity contribution in [1.29, 1.82) is 0 Å². The van der Waals surface area contributed by atoms with Crippen molar-refractivity contribution in [3.05, 3.63) is 29.8 Å². The Bertz CT molecular complexity index is 517. The summed E-state index contributed by atoms with van der Waals surface area (Å²) >= 11 is 0. The highest BCUT2D eigenvalue weighted by molar-refractivity contribution is 5.72. The van der Waals surface area contributed by atoms with Gasteiger partial charge in [0.25, 0.3) is 0 Å². The Kier molecular flexibility index (Phi) is 6.02. The lowest BCUT2D eigenvalue weighted by atomic mass is 10.1. The minimum Gasteiger partial charge on any atom is -0.459 e. The van der Waals surface area contributed by atoms with Crippen LogP contribution >= 0.6 is 0 Å². The first kappa shape index (κ1) is 17.8. The number of nitrogen functional groups attached to an aromatic ring is 1. The van der Waals surface area contributed by atoms with Crippen LogP contribution in [-0.4, -0.2) is 60.6 Å². The molecule has 0 aliphatic carbocycles. The lowest BCUT2D eigenvalue weighted by Crippen LogP contribution is -2.49. The van der Waals surface area contributed by atoms with Gasteiger partial charge in [-0.25, -0.2) is 0 Å². The van der Waals surface area contributed by atoms with Gasteiger partial charge in [-0.2, -0.15) is 0 Å². The van der Waals surface area contributed by atoms with Crippen molar-refractivity contribution < 1.29 is 9.53 Å². The summed E-state index contributed by atoms with van der Waals surface area (Å²) in [5, 5.41) is 0. The summed E-state index contributed by atoms with van der Waals surface area (Å²) in [6.07, 6.45) is 1.01. The van der Waals surface area contributed by atoms with E-state index in [9.17, 15) is 4.79 Å². The number of rotatable bonds is 5. The van der Waals surface area contributed by atoms with Crippen LogP contribution in [0, 0.1) is 0 Å². The second-order valence-corrected chi connectivity index (χ2v) is 7.20. The molecular weight excluding hydrogens is 290 g/mol. The first-order chi connectivity index (χ1) is 10.8. The quantitative estimate of drug-likeness (QED) is 0.662. The maximum absolute atomic E-state index is 11.9. The van der Waals surface area contributed by atoms with E-state index in [1.165, 1.54) is 5.56 Å². The van der Waals surface area contributed by atoms with Crippen molar-refractivity contribution in [3.63, 3.8) is 0 Å². The molecule has 0 radical (unpaired) electrons. The number of ether oxygens (including phenoxy) is 1. The van der Waals surface area contributed by atoms with Gasteiger partial charge in [-0.05, 0) is 44.9 Å². The van der Waals surface area contributed by atoms with Gasteiger partial charge in [0, 0.05) is 38.4 Å². The molecule has 1 heterocycles. The largest absolute Gasteiger partial charge is 0.459 e. The summed E-state index contributed by atoms with van der Waals surface area (Å²) in [5.74, 6) is -0.134. The molecule has 0 spiro atoms. The third-order valence-electron chi connectivity index (χ3n) is 3.91. The highest BCUT2D eigenvalue weighted by atomic mass is 16.6. The molecule has 0 amide bonds. The molecule has 1 saturated heterocycles. The van der Waals surface area contributed by atoms with Crippen LogP contribution in [0.25, 0.3) is 0 Å². The number of hydrogen-bond acceptors (Lipinski definition) is 5. The van der Waals surface area contributed by atoms with E-state index < -0.39 is 5.60 Å². The normalized spacial score (nSPS) is 17.2. The van der Waals surface area contributed by atoms with Gasteiger partial charge in [0.05, 0.1) is 6.54 Å². The Morgan fingerprint density at radius 3 is 2.43 bits per heavy atom. The molecular formula is C18H29N3O2. The van der Waals surface area contributed by atoms with Crippen LogP contribution < -0.4 is 5.73 Å². The zero-order valence-electron chi connectivity index (χ0n) is 14.5. The lowest BCUT2D eigenvalue weighted by Gasteiger charge is -2.34. The maximum atomic E-state index is 11.9. The number of nitrogens with two attached hydrogens (primary N) is 1. The van der Waals surface area contributed by atoms with Crippen LogP contribution in [0.1, 0.15) is 26.3 Å². The van der Waals surface area contributed by atoms with Crippen LogP contribution in [0.15, 0.2) is 24.3 Å². The van der Waals surface area contributed by atoms with E-state index in [4.69, 9.17) is 10.5 Å². The molecule has 0 aromatic heterocycles. The molecule has 1 fully saturated rings. The van der Waals surface area contributed by atoms with E-state index in [2.05, 4.69) is 15.9 Å². The first-order valence-electron chi connectivity index (χ1n) is 8.33. The van der Waals surface area contributed by atoms with E-state index in [1.54, 1.807) is 0 Å². The van der Waals surface area contributed by atoms with E-state index >= 15 is 0 Å². The zero-order valence-corrected chi connectivity index (χ0v) is 14.5. The van der Waals surface area contributed by atoms with Crippen molar-refractivity contribution >= 4 is 11.7 Å². The highest BCUT2D eigenvalue weighted by Gasteiger charge is 2.22. The standard InChI is InChI=1S/C18H29N3O2/c1-18(2,3)23-17(22)14-21-11-9-20(10-12-21)8-7-15-5-4-6-16(19)13-15/h4-6,13H,7-12,14,19H2,1-3H3. The van der Waals surface area contributed by atoms with Crippen molar-refractivity contribution in [1.82, 2.24) is 9.80 Å². The second kappa shape index (κ2) is 7.79. The number of hydrogen-bond donors (Lipinski definition) is 1. The van der Waals surface area contributed by atoms with Crippen LogP contribution in [0.3, 0.4) is 0 Å². The molecule has 0 bridgehead atoms. The molecule has 5 heteroatoms. The molecule has 2 rings (SSSR count). The van der Waals surface area contributed by atoms with Gasteiger partial charge in [-0.15, -0.1) is 0 Å². The average molecular weight is 319 g/mol. The number of piperazine rings is 1. The summed E-state index contributed by atoms with van der Waals surface area (Å²) < 4.78 is 5.38. The first-order valence-corrected chi connectivity index (χ1v) is 8.33. The fourth-order valence-electron chi connectivity index (χ4n) is 2.76. The van der Waals surface area contributed by atoms with Gasteiger partial charge in [0.2, 0.25) is 0 Å². The van der Waals surface area contributed by atoms with Crippen LogP contribution in [0.4, 0.5) is 5.69 Å². The van der Waals surface area contributed by atoms with Gasteiger partial charge >= 0.3 is 5.97 Å². The number of carbonyl (C=O) groups is 1. The fourth-order valence-corrected chi connectivity index (χ4v) is 2.76. The van der Waals surface area contributed by atoms with E-state index in [-0.39, 0.29) is 5.97 Å². The monoisotopic (exact) mass is 319 g/mol. The Morgan fingerprint density at radius 1 is 1.17 bits per heavy atom. The van der Waals surface area contributed by atoms with Gasteiger partial charge < -0.3 is 15.4 Å². The van der Waals surface area contributed by atoms with Gasteiger partial charge in [-0.1, -0.05) is 12.1 Å². The number of nitrogens with zero attached hydrogens (tertiary/aromatic N) is 2.